The lowest BCUT2D eigenvalue weighted by molar-refractivity contribution is -0.137. The molecule has 4 heteroatoms. The third-order valence-electron chi connectivity index (χ3n) is 3.79. The largest absolute Gasteiger partial charge is 0.381 e. The van der Waals surface area contributed by atoms with Gasteiger partial charge in [-0.15, -0.1) is 0 Å². The highest BCUT2D eigenvalue weighted by molar-refractivity contribution is 5.83. The van der Waals surface area contributed by atoms with Crippen LogP contribution >= 0.6 is 0 Å². The molecule has 0 saturated carbocycles. The molecular weight excluding hydrogens is 218 g/mol. The molecule has 0 N–H and O–H groups in total. The molecule has 2 aliphatic heterocycles. The van der Waals surface area contributed by atoms with Gasteiger partial charge < -0.3 is 9.47 Å². The molecule has 2 saturated heterocycles. The maximum absolute atomic E-state index is 12.1. The molecule has 2 rings (SSSR count). The van der Waals surface area contributed by atoms with Gasteiger partial charge in [0.1, 0.15) is 6.10 Å². The van der Waals surface area contributed by atoms with E-state index in [0.29, 0.717) is 18.9 Å². The Labute approximate surface area is 103 Å². The average molecular weight is 241 g/mol. The van der Waals surface area contributed by atoms with Crippen LogP contribution in [0, 0.1) is 5.92 Å². The average Bonchev–Trinajstić information content (AvgIpc) is 2.40. The van der Waals surface area contributed by atoms with E-state index in [-0.39, 0.29) is 11.9 Å². The molecular formula is C13H23NO3. The molecule has 0 radical (unpaired) electrons. The lowest BCUT2D eigenvalue weighted by Gasteiger charge is -2.32. The van der Waals surface area contributed by atoms with E-state index in [1.165, 1.54) is 0 Å². The molecule has 2 fully saturated rings. The minimum atomic E-state index is -0.188. The first-order valence-corrected chi connectivity index (χ1v) is 6.74. The van der Waals surface area contributed by atoms with Gasteiger partial charge in [0.2, 0.25) is 0 Å². The Bertz CT molecular complexity index is 251. The number of nitrogens with zero attached hydrogens (tertiary/aromatic N) is 1. The van der Waals surface area contributed by atoms with Crippen molar-refractivity contribution in [3.63, 3.8) is 0 Å². The zero-order valence-corrected chi connectivity index (χ0v) is 10.7. The SMILES string of the molecule is CCN1CCOC(C(=O)CC2CCOCC2)C1. The third-order valence-corrected chi connectivity index (χ3v) is 3.79. The van der Waals surface area contributed by atoms with Gasteiger partial charge in [-0.2, -0.15) is 0 Å². The van der Waals surface area contributed by atoms with Gasteiger partial charge in [-0.1, -0.05) is 6.92 Å². The summed E-state index contributed by atoms with van der Waals surface area (Å²) >= 11 is 0. The second kappa shape index (κ2) is 6.47. The molecule has 2 heterocycles. The molecule has 0 spiro atoms. The van der Waals surface area contributed by atoms with E-state index < -0.39 is 0 Å². The maximum Gasteiger partial charge on any atom is 0.163 e. The number of ketones is 1. The third kappa shape index (κ3) is 3.76. The molecule has 1 unspecified atom stereocenters. The molecule has 98 valence electrons. The predicted octanol–water partition coefficient (Wildman–Crippen LogP) is 1.09. The van der Waals surface area contributed by atoms with Crippen molar-refractivity contribution in [2.24, 2.45) is 5.92 Å². The van der Waals surface area contributed by atoms with Crippen LogP contribution in [0.5, 0.6) is 0 Å². The molecule has 2 aliphatic rings. The number of hydrogen-bond acceptors (Lipinski definition) is 4. The first-order valence-electron chi connectivity index (χ1n) is 6.74. The van der Waals surface area contributed by atoms with Crippen LogP contribution in [-0.4, -0.2) is 56.2 Å². The van der Waals surface area contributed by atoms with Gasteiger partial charge in [0.05, 0.1) is 6.61 Å². The highest BCUT2D eigenvalue weighted by Crippen LogP contribution is 2.20. The fourth-order valence-electron chi connectivity index (χ4n) is 2.55. The fraction of sp³-hybridized carbons (Fsp3) is 0.923. The number of carbonyl (C=O) groups is 1. The van der Waals surface area contributed by atoms with Crippen molar-refractivity contribution < 1.29 is 14.3 Å². The molecule has 17 heavy (non-hydrogen) atoms. The summed E-state index contributed by atoms with van der Waals surface area (Å²) in [5, 5.41) is 0. The van der Waals surface area contributed by atoms with E-state index in [1.54, 1.807) is 0 Å². The minimum absolute atomic E-state index is 0.188. The molecule has 4 nitrogen and oxygen atoms in total. The van der Waals surface area contributed by atoms with Gasteiger partial charge in [-0.05, 0) is 25.3 Å². The summed E-state index contributed by atoms with van der Waals surface area (Å²) in [6.07, 6.45) is 2.53. The number of ether oxygens (including phenoxy) is 2. The summed E-state index contributed by atoms with van der Waals surface area (Å²) in [5.74, 6) is 0.798. The Kier molecular flexibility index (Phi) is 4.95. The van der Waals surface area contributed by atoms with Crippen LogP contribution < -0.4 is 0 Å². The van der Waals surface area contributed by atoms with Gasteiger partial charge in [0, 0.05) is 32.7 Å². The number of rotatable bonds is 4. The van der Waals surface area contributed by atoms with Crippen molar-refractivity contribution in [1.82, 2.24) is 4.90 Å². The molecule has 0 aromatic carbocycles. The van der Waals surface area contributed by atoms with Gasteiger partial charge in [0.25, 0.3) is 0 Å². The quantitative estimate of drug-likeness (QED) is 0.738. The highest BCUT2D eigenvalue weighted by Gasteiger charge is 2.28. The minimum Gasteiger partial charge on any atom is -0.381 e. The Morgan fingerprint density at radius 3 is 2.76 bits per heavy atom. The van der Waals surface area contributed by atoms with E-state index in [1.807, 2.05) is 0 Å². The number of likely N-dealkylation sites (N-methyl/N-ethyl adjacent to an activating group) is 1. The van der Waals surface area contributed by atoms with E-state index in [2.05, 4.69) is 11.8 Å². The molecule has 0 aliphatic carbocycles. The zero-order chi connectivity index (χ0) is 12.1. The topological polar surface area (TPSA) is 38.8 Å². The maximum atomic E-state index is 12.1. The van der Waals surface area contributed by atoms with Crippen LogP contribution in [0.2, 0.25) is 0 Å². The fourth-order valence-corrected chi connectivity index (χ4v) is 2.55. The van der Waals surface area contributed by atoms with Crippen molar-refractivity contribution in [2.75, 3.05) is 39.5 Å². The first kappa shape index (κ1) is 13.0. The standard InChI is InChI=1S/C13H23NO3/c1-2-14-5-8-17-13(10-14)12(15)9-11-3-6-16-7-4-11/h11,13H,2-10H2,1H3. The summed E-state index contributed by atoms with van der Waals surface area (Å²) in [6.45, 7) is 7.18. The van der Waals surface area contributed by atoms with Crippen LogP contribution in [0.25, 0.3) is 0 Å². The number of morpholine rings is 1. The zero-order valence-electron chi connectivity index (χ0n) is 10.7. The van der Waals surface area contributed by atoms with Crippen LogP contribution in [0.1, 0.15) is 26.2 Å². The highest BCUT2D eigenvalue weighted by atomic mass is 16.5. The lowest BCUT2D eigenvalue weighted by Crippen LogP contribution is -2.46. The summed E-state index contributed by atoms with van der Waals surface area (Å²) < 4.78 is 10.9. The Hall–Kier alpha value is -0.450. The molecule has 0 amide bonds. The van der Waals surface area contributed by atoms with Crippen molar-refractivity contribution in [1.29, 1.82) is 0 Å². The van der Waals surface area contributed by atoms with Crippen molar-refractivity contribution >= 4 is 5.78 Å². The summed E-state index contributed by atoms with van der Waals surface area (Å²) in [7, 11) is 0. The second-order valence-electron chi connectivity index (χ2n) is 4.98. The van der Waals surface area contributed by atoms with Crippen molar-refractivity contribution in [3.8, 4) is 0 Å². The van der Waals surface area contributed by atoms with E-state index in [4.69, 9.17) is 9.47 Å². The van der Waals surface area contributed by atoms with Crippen molar-refractivity contribution in [2.45, 2.75) is 32.3 Å². The summed E-state index contributed by atoms with van der Waals surface area (Å²) in [4.78, 5) is 14.4. The Balaban J connectivity index is 1.78. The van der Waals surface area contributed by atoms with E-state index in [0.717, 1.165) is 45.7 Å². The van der Waals surface area contributed by atoms with Crippen LogP contribution in [0.3, 0.4) is 0 Å². The molecule has 0 bridgehead atoms. The predicted molar refractivity (Wildman–Crippen MR) is 65.0 cm³/mol. The van der Waals surface area contributed by atoms with E-state index in [9.17, 15) is 4.79 Å². The number of carbonyl (C=O) groups excluding carboxylic acids is 1. The monoisotopic (exact) mass is 241 g/mol. The van der Waals surface area contributed by atoms with E-state index >= 15 is 0 Å². The smallest absolute Gasteiger partial charge is 0.163 e. The molecule has 1 atom stereocenters. The second-order valence-corrected chi connectivity index (χ2v) is 4.98. The molecule has 0 aromatic rings. The van der Waals surface area contributed by atoms with Crippen LogP contribution in [0.15, 0.2) is 0 Å². The number of Topliss-reactive ketones (excluding diaryl/α,β-unsaturated/α-hetero) is 1. The number of hydrogen-bond donors (Lipinski definition) is 0. The normalized spacial score (nSPS) is 28.2. The molecule has 0 aromatic heterocycles. The van der Waals surface area contributed by atoms with Gasteiger partial charge >= 0.3 is 0 Å². The van der Waals surface area contributed by atoms with Gasteiger partial charge in [-0.25, -0.2) is 0 Å². The Morgan fingerprint density at radius 2 is 2.06 bits per heavy atom. The van der Waals surface area contributed by atoms with Gasteiger partial charge in [0.15, 0.2) is 5.78 Å². The van der Waals surface area contributed by atoms with Crippen molar-refractivity contribution in [3.05, 3.63) is 0 Å². The van der Waals surface area contributed by atoms with Gasteiger partial charge in [-0.3, -0.25) is 9.69 Å². The Morgan fingerprint density at radius 1 is 1.29 bits per heavy atom. The van der Waals surface area contributed by atoms with Crippen LogP contribution in [0.4, 0.5) is 0 Å². The summed E-state index contributed by atoms with van der Waals surface area (Å²) in [6, 6.07) is 0. The van der Waals surface area contributed by atoms with Crippen LogP contribution in [-0.2, 0) is 14.3 Å². The first-order chi connectivity index (χ1) is 8.29. The lowest BCUT2D eigenvalue weighted by atomic mass is 9.92. The summed E-state index contributed by atoms with van der Waals surface area (Å²) in [5.41, 5.74) is 0.